The summed E-state index contributed by atoms with van der Waals surface area (Å²) in [7, 11) is 0. The average molecular weight is 350 g/mol. The molecule has 0 amide bonds. The fourth-order valence-electron chi connectivity index (χ4n) is 2.68. The van der Waals surface area contributed by atoms with E-state index in [2.05, 4.69) is 10.2 Å². The molecule has 136 valence electrons. The van der Waals surface area contributed by atoms with Gasteiger partial charge in [0.15, 0.2) is 0 Å². The van der Waals surface area contributed by atoms with Crippen LogP contribution in [0.5, 0.6) is 0 Å². The molecular formula is C20H26N6. The third-order valence-corrected chi connectivity index (χ3v) is 4.41. The minimum atomic E-state index is -0.560. The second kappa shape index (κ2) is 8.89. The Bertz CT molecular complexity index is 744. The lowest BCUT2D eigenvalue weighted by atomic mass is 10.0. The van der Waals surface area contributed by atoms with Crippen LogP contribution in [-0.4, -0.2) is 23.8 Å². The number of nitrogens with one attached hydrogen (secondary N) is 2. The van der Waals surface area contributed by atoms with Crippen LogP contribution in [0.2, 0.25) is 0 Å². The van der Waals surface area contributed by atoms with Crippen molar-refractivity contribution in [3.05, 3.63) is 70.8 Å². The topological polar surface area (TPSA) is 124 Å². The van der Waals surface area contributed by atoms with E-state index in [0.29, 0.717) is 12.8 Å². The van der Waals surface area contributed by atoms with Gasteiger partial charge in [0.2, 0.25) is 0 Å². The zero-order valence-electron chi connectivity index (χ0n) is 15.2. The van der Waals surface area contributed by atoms with Gasteiger partial charge in [-0.3, -0.25) is 10.8 Å². The van der Waals surface area contributed by atoms with Crippen molar-refractivity contribution in [2.75, 3.05) is 0 Å². The third-order valence-electron chi connectivity index (χ3n) is 4.41. The van der Waals surface area contributed by atoms with Gasteiger partial charge in [-0.15, -0.1) is 0 Å². The van der Waals surface area contributed by atoms with E-state index in [9.17, 15) is 0 Å². The molecule has 2 unspecified atom stereocenters. The highest BCUT2D eigenvalue weighted by Gasteiger charge is 2.17. The highest BCUT2D eigenvalue weighted by atomic mass is 15.2. The van der Waals surface area contributed by atoms with Crippen molar-refractivity contribution in [1.82, 2.24) is 0 Å². The van der Waals surface area contributed by atoms with Gasteiger partial charge in [-0.05, 0) is 36.1 Å². The first-order chi connectivity index (χ1) is 12.4. The van der Waals surface area contributed by atoms with Crippen molar-refractivity contribution in [3.8, 4) is 0 Å². The van der Waals surface area contributed by atoms with Crippen LogP contribution in [0.1, 0.15) is 22.3 Å². The zero-order valence-corrected chi connectivity index (χ0v) is 15.2. The molecule has 2 aromatic carbocycles. The highest BCUT2D eigenvalue weighted by Crippen LogP contribution is 2.15. The maximum absolute atomic E-state index is 7.82. The lowest BCUT2D eigenvalue weighted by Gasteiger charge is -2.15. The summed E-state index contributed by atoms with van der Waals surface area (Å²) in [5, 5.41) is 24.2. The molecule has 0 aliphatic carbocycles. The normalized spacial score (nSPS) is 13.5. The summed E-state index contributed by atoms with van der Waals surface area (Å²) in [5.74, 6) is -0.0922. The number of nitrogens with zero attached hydrogens (tertiary/aromatic N) is 2. The van der Waals surface area contributed by atoms with E-state index in [4.69, 9.17) is 22.3 Å². The molecular weight excluding hydrogens is 324 g/mol. The van der Waals surface area contributed by atoms with Crippen molar-refractivity contribution < 1.29 is 0 Å². The monoisotopic (exact) mass is 350 g/mol. The molecule has 2 aromatic rings. The van der Waals surface area contributed by atoms with E-state index in [1.54, 1.807) is 0 Å². The first kappa shape index (κ1) is 19.3. The van der Waals surface area contributed by atoms with Crippen LogP contribution >= 0.6 is 0 Å². The lowest BCUT2D eigenvalue weighted by molar-refractivity contribution is 0.696. The molecule has 0 fully saturated rings. The van der Waals surface area contributed by atoms with E-state index in [0.717, 1.165) is 22.3 Å². The quantitative estimate of drug-likeness (QED) is 0.332. The average Bonchev–Trinajstić information content (AvgIpc) is 2.60. The van der Waals surface area contributed by atoms with Gasteiger partial charge in [0.05, 0.1) is 0 Å². The minimum absolute atomic E-state index is 0.0461. The minimum Gasteiger partial charge on any atom is -0.386 e. The standard InChI is InChI=1S/C20H26N6/c1-13-7-3-5-9-15(13)11-17(19(21)22)25-26-18(20(23)24)12-16-10-6-4-8-14(16)2/h3-10,17-18H,11-12H2,1-2H3,(H3,21,22)(H3,23,24). The van der Waals surface area contributed by atoms with Gasteiger partial charge in [-0.25, -0.2) is 0 Å². The van der Waals surface area contributed by atoms with Crippen LogP contribution in [0.15, 0.2) is 58.8 Å². The number of rotatable bonds is 8. The predicted octanol–water partition coefficient (Wildman–Crippen LogP) is 3.15. The molecule has 0 spiro atoms. The molecule has 2 rings (SSSR count). The van der Waals surface area contributed by atoms with E-state index in [1.165, 1.54) is 0 Å². The molecule has 0 heterocycles. The van der Waals surface area contributed by atoms with Gasteiger partial charge in [-0.2, -0.15) is 10.2 Å². The summed E-state index contributed by atoms with van der Waals surface area (Å²) < 4.78 is 0. The molecule has 6 N–H and O–H groups in total. The van der Waals surface area contributed by atoms with Gasteiger partial charge in [-0.1, -0.05) is 48.5 Å². The fraction of sp³-hybridized carbons (Fsp3) is 0.300. The maximum Gasteiger partial charge on any atom is 0.131 e. The molecule has 26 heavy (non-hydrogen) atoms. The Morgan fingerprint density at radius 2 is 1.12 bits per heavy atom. The second-order valence-corrected chi connectivity index (χ2v) is 6.43. The Labute approximate surface area is 154 Å². The first-order valence-corrected chi connectivity index (χ1v) is 8.55. The van der Waals surface area contributed by atoms with Crippen molar-refractivity contribution in [3.63, 3.8) is 0 Å². The summed E-state index contributed by atoms with van der Waals surface area (Å²) in [6.45, 7) is 4.03. The molecule has 0 bridgehead atoms. The van der Waals surface area contributed by atoms with Crippen molar-refractivity contribution in [2.45, 2.75) is 38.8 Å². The number of hydrogen-bond acceptors (Lipinski definition) is 4. The molecule has 0 saturated carbocycles. The summed E-state index contributed by atoms with van der Waals surface area (Å²) in [6, 6.07) is 14.7. The van der Waals surface area contributed by atoms with Gasteiger partial charge in [0, 0.05) is 12.8 Å². The Morgan fingerprint density at radius 1 is 0.769 bits per heavy atom. The molecule has 6 nitrogen and oxygen atoms in total. The largest absolute Gasteiger partial charge is 0.386 e. The summed E-state index contributed by atoms with van der Waals surface area (Å²) in [6.07, 6.45) is 1.00. The Kier molecular flexibility index (Phi) is 6.60. The Hall–Kier alpha value is -3.02. The molecule has 2 atom stereocenters. The number of azo groups is 1. The fourth-order valence-corrected chi connectivity index (χ4v) is 2.68. The van der Waals surface area contributed by atoms with Crippen LogP contribution < -0.4 is 11.5 Å². The first-order valence-electron chi connectivity index (χ1n) is 8.55. The lowest BCUT2D eigenvalue weighted by Crippen LogP contribution is -2.31. The van der Waals surface area contributed by atoms with Crippen LogP contribution in [0, 0.1) is 24.7 Å². The molecule has 0 radical (unpaired) electrons. The molecule has 0 aliphatic heterocycles. The van der Waals surface area contributed by atoms with Crippen LogP contribution in [0.3, 0.4) is 0 Å². The van der Waals surface area contributed by atoms with Crippen molar-refractivity contribution in [2.24, 2.45) is 21.7 Å². The number of amidine groups is 2. The second-order valence-electron chi connectivity index (χ2n) is 6.43. The van der Waals surface area contributed by atoms with Crippen LogP contribution in [0.4, 0.5) is 0 Å². The van der Waals surface area contributed by atoms with Gasteiger partial charge in [0.1, 0.15) is 23.8 Å². The smallest absolute Gasteiger partial charge is 0.131 e. The van der Waals surface area contributed by atoms with Crippen molar-refractivity contribution >= 4 is 11.7 Å². The molecule has 0 aliphatic rings. The number of nitrogens with two attached hydrogens (primary N) is 2. The zero-order chi connectivity index (χ0) is 19.1. The van der Waals surface area contributed by atoms with Gasteiger partial charge in [0.25, 0.3) is 0 Å². The number of hydrogen-bond donors (Lipinski definition) is 4. The van der Waals surface area contributed by atoms with Gasteiger partial charge < -0.3 is 11.5 Å². The Morgan fingerprint density at radius 3 is 1.42 bits per heavy atom. The third kappa shape index (κ3) is 5.24. The van der Waals surface area contributed by atoms with Crippen molar-refractivity contribution in [1.29, 1.82) is 10.8 Å². The van der Waals surface area contributed by atoms with Gasteiger partial charge >= 0.3 is 0 Å². The Balaban J connectivity index is 2.17. The highest BCUT2D eigenvalue weighted by molar-refractivity contribution is 5.84. The summed E-state index contributed by atoms with van der Waals surface area (Å²) in [4.78, 5) is 0. The van der Waals surface area contributed by atoms with E-state index in [1.807, 2.05) is 62.4 Å². The maximum atomic E-state index is 7.82. The summed E-state index contributed by atoms with van der Waals surface area (Å²) >= 11 is 0. The SMILES string of the molecule is Cc1ccccc1CC(N=NC(Cc1ccccc1C)C(=N)N)C(=N)N. The van der Waals surface area contributed by atoms with E-state index in [-0.39, 0.29) is 11.7 Å². The van der Waals surface area contributed by atoms with E-state index < -0.39 is 12.1 Å². The molecule has 0 aromatic heterocycles. The summed E-state index contributed by atoms with van der Waals surface area (Å²) in [5.41, 5.74) is 15.8. The van der Waals surface area contributed by atoms with Crippen LogP contribution in [-0.2, 0) is 12.8 Å². The molecule has 0 saturated heterocycles. The van der Waals surface area contributed by atoms with Crippen LogP contribution in [0.25, 0.3) is 0 Å². The van der Waals surface area contributed by atoms with E-state index >= 15 is 0 Å². The number of benzene rings is 2. The predicted molar refractivity (Wildman–Crippen MR) is 106 cm³/mol. The number of aryl methyl sites for hydroxylation is 2. The molecule has 6 heteroatoms.